The van der Waals surface area contributed by atoms with Crippen molar-refractivity contribution in [1.29, 1.82) is 0 Å². The predicted octanol–water partition coefficient (Wildman–Crippen LogP) is 1.16. The van der Waals surface area contributed by atoms with E-state index in [1.807, 2.05) is 0 Å². The quantitative estimate of drug-likeness (QED) is 0.237. The van der Waals surface area contributed by atoms with Gasteiger partial charge in [-0.25, -0.2) is 4.79 Å². The van der Waals surface area contributed by atoms with E-state index < -0.39 is 42.3 Å². The Morgan fingerprint density at radius 3 is 2.16 bits per heavy atom. The number of alkyl halides is 2. The minimum Gasteiger partial charge on any atom is -0.454 e. The number of esters is 1. The summed E-state index contributed by atoms with van der Waals surface area (Å²) in [5, 5.41) is 0. The zero-order valence-electron chi connectivity index (χ0n) is 17.0. The number of carbonyl (C=O) groups is 5. The van der Waals surface area contributed by atoms with Gasteiger partial charge in [0.15, 0.2) is 6.61 Å². The van der Waals surface area contributed by atoms with Crippen molar-refractivity contribution in [2.75, 3.05) is 6.61 Å². The number of nitrogens with zero attached hydrogens (tertiary/aromatic N) is 1. The topological polar surface area (TPSA) is 122 Å². The molecule has 2 N–H and O–H groups in total. The van der Waals surface area contributed by atoms with Crippen LogP contribution < -0.4 is 10.9 Å². The van der Waals surface area contributed by atoms with Crippen LogP contribution in [-0.4, -0.2) is 56.8 Å². The van der Waals surface area contributed by atoms with Crippen molar-refractivity contribution >= 4 is 61.5 Å². The molecule has 11 heteroatoms. The first kappa shape index (κ1) is 22.9. The van der Waals surface area contributed by atoms with Crippen LogP contribution in [0.5, 0.6) is 0 Å². The highest BCUT2D eigenvalue weighted by molar-refractivity contribution is 9.12. The Morgan fingerprint density at radius 1 is 1.03 bits per heavy atom. The Bertz CT molecular complexity index is 942. The van der Waals surface area contributed by atoms with Gasteiger partial charge in [0.05, 0.1) is 11.8 Å². The third-order valence-electron chi connectivity index (χ3n) is 6.45. The van der Waals surface area contributed by atoms with Crippen LogP contribution in [0.2, 0.25) is 0 Å². The molecule has 1 saturated heterocycles. The van der Waals surface area contributed by atoms with Gasteiger partial charge in [0.2, 0.25) is 11.8 Å². The lowest BCUT2D eigenvalue weighted by Gasteiger charge is -2.28. The molecule has 1 aromatic carbocycles. The van der Waals surface area contributed by atoms with Crippen molar-refractivity contribution in [2.45, 2.75) is 29.0 Å². The number of likely N-dealkylation sites (tertiary alicyclic amines) is 1. The Morgan fingerprint density at radius 2 is 1.59 bits per heavy atom. The molecule has 1 heterocycles. The van der Waals surface area contributed by atoms with E-state index in [9.17, 15) is 24.0 Å². The summed E-state index contributed by atoms with van der Waals surface area (Å²) in [6.45, 7) is 0.743. The van der Waals surface area contributed by atoms with E-state index in [2.05, 4.69) is 42.7 Å². The summed E-state index contributed by atoms with van der Waals surface area (Å²) in [6, 6.07) is 7.11. The monoisotopic (exact) mass is 569 g/mol. The first-order valence-corrected chi connectivity index (χ1v) is 12.0. The van der Waals surface area contributed by atoms with E-state index in [0.29, 0.717) is 5.56 Å². The number of rotatable bonds is 5. The first-order valence-electron chi connectivity index (χ1n) is 10.2. The number of halogens is 2. The lowest BCUT2D eigenvalue weighted by Crippen LogP contribution is -2.47. The highest BCUT2D eigenvalue weighted by Gasteiger charge is 2.67. The molecule has 0 radical (unpaired) electrons. The van der Waals surface area contributed by atoms with E-state index in [-0.39, 0.29) is 33.3 Å². The molecule has 0 spiro atoms. The van der Waals surface area contributed by atoms with Gasteiger partial charge in [0, 0.05) is 15.2 Å². The Kier molecular flexibility index (Phi) is 6.39. The van der Waals surface area contributed by atoms with Gasteiger partial charge in [-0.3, -0.25) is 34.9 Å². The van der Waals surface area contributed by atoms with Crippen molar-refractivity contribution < 1.29 is 28.7 Å². The van der Waals surface area contributed by atoms with E-state index in [1.165, 1.54) is 6.92 Å². The predicted molar refractivity (Wildman–Crippen MR) is 118 cm³/mol. The van der Waals surface area contributed by atoms with Crippen LogP contribution in [0.15, 0.2) is 30.3 Å². The Hall–Kier alpha value is -2.27. The third-order valence-corrected chi connectivity index (χ3v) is 9.65. The lowest BCUT2D eigenvalue weighted by molar-refractivity contribution is -0.160. The number of fused-ring (bicyclic) bond motifs is 5. The van der Waals surface area contributed by atoms with Crippen molar-refractivity contribution in [3.8, 4) is 0 Å². The van der Waals surface area contributed by atoms with Gasteiger partial charge < -0.3 is 4.74 Å². The largest absolute Gasteiger partial charge is 0.454 e. The molecule has 0 aromatic heterocycles. The number of hydrogen-bond acceptors (Lipinski definition) is 6. The van der Waals surface area contributed by atoms with Gasteiger partial charge in [-0.15, -0.1) is 0 Å². The molecule has 32 heavy (non-hydrogen) atoms. The van der Waals surface area contributed by atoms with Gasteiger partial charge in [0.1, 0.15) is 6.04 Å². The second kappa shape index (κ2) is 8.93. The molecule has 3 aliphatic rings. The highest BCUT2D eigenvalue weighted by Crippen LogP contribution is 2.60. The van der Waals surface area contributed by atoms with Crippen LogP contribution >= 0.6 is 31.9 Å². The number of amides is 4. The number of hydrogen-bond donors (Lipinski definition) is 2. The van der Waals surface area contributed by atoms with Crippen molar-refractivity contribution in [3.63, 3.8) is 0 Å². The lowest BCUT2D eigenvalue weighted by atomic mass is 9.81. The van der Waals surface area contributed by atoms with E-state index in [1.54, 1.807) is 30.3 Å². The molecule has 7 atom stereocenters. The van der Waals surface area contributed by atoms with Crippen LogP contribution in [0, 0.1) is 23.7 Å². The number of nitrogens with one attached hydrogen (secondary N) is 2. The minimum atomic E-state index is -1.14. The number of ether oxygens (including phenoxy) is 1. The van der Waals surface area contributed by atoms with Crippen LogP contribution in [-0.2, 0) is 23.9 Å². The molecule has 4 rings (SSSR count). The van der Waals surface area contributed by atoms with Gasteiger partial charge >= 0.3 is 5.97 Å². The Balaban J connectivity index is 1.30. The fourth-order valence-corrected chi connectivity index (χ4v) is 6.81. The van der Waals surface area contributed by atoms with Crippen molar-refractivity contribution in [1.82, 2.24) is 15.8 Å². The normalized spacial score (nSPS) is 31.3. The molecule has 4 amide bonds. The van der Waals surface area contributed by atoms with Gasteiger partial charge in [-0.05, 0) is 37.3 Å². The average Bonchev–Trinajstić information content (AvgIpc) is 3.40. The Labute approximate surface area is 200 Å². The molecule has 2 saturated carbocycles. The smallest absolute Gasteiger partial charge is 0.329 e. The molecular formula is C21H21Br2N3O6. The number of carbonyl (C=O) groups excluding carboxylic acids is 5. The summed E-state index contributed by atoms with van der Waals surface area (Å²) in [5.41, 5.74) is 4.71. The fourth-order valence-electron chi connectivity index (χ4n) is 4.94. The molecule has 0 unspecified atom stereocenters. The number of imide groups is 1. The fraction of sp³-hybridized carbons (Fsp3) is 0.476. The summed E-state index contributed by atoms with van der Waals surface area (Å²) in [4.78, 5) is 63.4. The molecule has 1 aromatic rings. The summed E-state index contributed by atoms with van der Waals surface area (Å²) >= 11 is 7.23. The summed E-state index contributed by atoms with van der Waals surface area (Å²) in [6.07, 6.45) is 0.792. The second-order valence-corrected chi connectivity index (χ2v) is 10.3. The summed E-state index contributed by atoms with van der Waals surface area (Å²) < 4.78 is 4.98. The minimum absolute atomic E-state index is 0.0399. The second-order valence-electron chi connectivity index (χ2n) is 8.20. The highest BCUT2D eigenvalue weighted by atomic mass is 79.9. The van der Waals surface area contributed by atoms with Crippen molar-refractivity contribution in [2.24, 2.45) is 23.7 Å². The van der Waals surface area contributed by atoms with Crippen LogP contribution in [0.3, 0.4) is 0 Å². The zero-order valence-corrected chi connectivity index (χ0v) is 20.2. The van der Waals surface area contributed by atoms with Gasteiger partial charge in [-0.1, -0.05) is 50.1 Å². The average molecular weight is 571 g/mol. The van der Waals surface area contributed by atoms with Gasteiger partial charge in [0.25, 0.3) is 11.8 Å². The molecular weight excluding hydrogens is 550 g/mol. The van der Waals surface area contributed by atoms with E-state index in [0.717, 1.165) is 11.3 Å². The maximum Gasteiger partial charge on any atom is 0.329 e. The summed E-state index contributed by atoms with van der Waals surface area (Å²) in [5.74, 6) is -3.66. The van der Waals surface area contributed by atoms with Crippen molar-refractivity contribution in [3.05, 3.63) is 35.9 Å². The third kappa shape index (κ3) is 3.85. The van der Waals surface area contributed by atoms with E-state index in [4.69, 9.17) is 4.74 Å². The molecule has 1 aliphatic heterocycles. The molecule has 170 valence electrons. The van der Waals surface area contributed by atoms with E-state index >= 15 is 0 Å². The SMILES string of the molecule is C[C@H](C(=O)OCC(=O)NNC(=O)c1ccccc1)N1C(=O)[C@@H]2[C@H]3C[C@@H]([C@H](Br)[C@H]3Br)[C@H]2C1=O. The van der Waals surface area contributed by atoms with Crippen LogP contribution in [0.1, 0.15) is 23.7 Å². The van der Waals surface area contributed by atoms with Gasteiger partial charge in [-0.2, -0.15) is 0 Å². The molecule has 2 aliphatic carbocycles. The maximum absolute atomic E-state index is 13.0. The zero-order chi connectivity index (χ0) is 23.2. The summed E-state index contributed by atoms with van der Waals surface area (Å²) in [7, 11) is 0. The maximum atomic E-state index is 13.0. The number of benzene rings is 1. The number of hydrazine groups is 1. The standard InChI is InChI=1S/C21H21Br2N3O6/c1-9(21(31)32-8-13(27)24-25-18(28)10-5-3-2-4-6-10)26-19(29)14-11-7-12(15(14)20(26)30)17(23)16(11)22/h2-6,9,11-12,14-17H,7-8H2,1H3,(H,24,27)(H,25,28)/t9-,11-,12-,14-,15-,16+,17+/m1/s1. The molecule has 3 fully saturated rings. The first-order chi connectivity index (χ1) is 15.2. The molecule has 9 nitrogen and oxygen atoms in total. The molecule has 2 bridgehead atoms. The van der Waals surface area contributed by atoms with Crippen LogP contribution in [0.4, 0.5) is 0 Å². The van der Waals surface area contributed by atoms with Crippen LogP contribution in [0.25, 0.3) is 0 Å².